The predicted molar refractivity (Wildman–Crippen MR) is 81.6 cm³/mol. The van der Waals surface area contributed by atoms with Gasteiger partial charge in [-0.2, -0.15) is 5.26 Å². The van der Waals surface area contributed by atoms with E-state index in [1.54, 1.807) is 30.3 Å². The topological polar surface area (TPSA) is 88.1 Å². The summed E-state index contributed by atoms with van der Waals surface area (Å²) in [5.41, 5.74) is 8.35. The molecule has 0 bridgehead atoms. The third-order valence-electron chi connectivity index (χ3n) is 2.84. The van der Waals surface area contributed by atoms with Crippen molar-refractivity contribution >= 4 is 34.6 Å². The van der Waals surface area contributed by atoms with Crippen molar-refractivity contribution in [1.29, 1.82) is 5.26 Å². The predicted octanol–water partition coefficient (Wildman–Crippen LogP) is 3.32. The Morgan fingerprint density at radius 1 is 1.29 bits per heavy atom. The van der Waals surface area contributed by atoms with Crippen molar-refractivity contribution in [2.45, 2.75) is 0 Å². The number of nitrogen functional groups attached to an aromatic ring is 1. The van der Waals surface area contributed by atoms with Gasteiger partial charge in [-0.25, -0.2) is 4.79 Å². The number of hydrogen-bond acceptors (Lipinski definition) is 5. The van der Waals surface area contributed by atoms with E-state index >= 15 is 0 Å². The monoisotopic (exact) mass is 301 g/mol. The molecule has 3 N–H and O–H groups in total. The lowest BCUT2D eigenvalue weighted by Crippen LogP contribution is -2.04. The fourth-order valence-corrected chi connectivity index (χ4v) is 1.98. The molecule has 0 heterocycles. The molecule has 106 valence electrons. The third kappa shape index (κ3) is 3.25. The first-order chi connectivity index (χ1) is 10.0. The number of nitriles is 1. The van der Waals surface area contributed by atoms with Gasteiger partial charge in [-0.3, -0.25) is 0 Å². The highest BCUT2D eigenvalue weighted by molar-refractivity contribution is 6.33. The molecule has 2 aromatic carbocycles. The van der Waals surface area contributed by atoms with E-state index in [-0.39, 0.29) is 0 Å². The lowest BCUT2D eigenvalue weighted by molar-refractivity contribution is 0.0601. The summed E-state index contributed by atoms with van der Waals surface area (Å²) in [6.45, 7) is 0. The molecule has 0 spiro atoms. The number of nitrogens with two attached hydrogens (primary N) is 1. The number of hydrogen-bond donors (Lipinski definition) is 2. The minimum Gasteiger partial charge on any atom is -0.465 e. The quantitative estimate of drug-likeness (QED) is 0.670. The zero-order valence-corrected chi connectivity index (χ0v) is 11.9. The Bertz CT molecular complexity index is 738. The maximum absolute atomic E-state index is 11.4. The molecule has 0 radical (unpaired) electrons. The van der Waals surface area contributed by atoms with E-state index in [9.17, 15) is 4.79 Å². The molecule has 0 fully saturated rings. The van der Waals surface area contributed by atoms with E-state index in [4.69, 9.17) is 22.6 Å². The molecule has 6 heteroatoms. The van der Waals surface area contributed by atoms with Gasteiger partial charge in [0.2, 0.25) is 0 Å². The van der Waals surface area contributed by atoms with Crippen LogP contribution < -0.4 is 11.1 Å². The number of halogens is 1. The highest BCUT2D eigenvalue weighted by Gasteiger charge is 2.09. The Labute approximate surface area is 126 Å². The number of methoxy groups -OCH3 is 1. The van der Waals surface area contributed by atoms with E-state index in [0.717, 1.165) is 0 Å². The van der Waals surface area contributed by atoms with Crippen molar-refractivity contribution < 1.29 is 9.53 Å². The Balaban J connectivity index is 2.28. The van der Waals surface area contributed by atoms with Crippen LogP contribution in [0.1, 0.15) is 15.9 Å². The molecular weight excluding hydrogens is 290 g/mol. The Morgan fingerprint density at radius 2 is 2.00 bits per heavy atom. The second-order valence-electron chi connectivity index (χ2n) is 4.23. The van der Waals surface area contributed by atoms with Crippen molar-refractivity contribution in [3.63, 3.8) is 0 Å². The van der Waals surface area contributed by atoms with Gasteiger partial charge in [-0.15, -0.1) is 0 Å². The van der Waals surface area contributed by atoms with Crippen LogP contribution in [0.5, 0.6) is 0 Å². The van der Waals surface area contributed by atoms with Crippen molar-refractivity contribution in [3.05, 3.63) is 52.5 Å². The summed E-state index contributed by atoms with van der Waals surface area (Å²) in [5.74, 6) is -0.454. The standard InChI is InChI=1S/C15H12ClN3O2/c1-21-15(20)10-3-5-14(12(18)7-10)19-13-4-2-9(8-17)6-11(13)16/h2-7,19H,18H2,1H3. The van der Waals surface area contributed by atoms with E-state index in [1.807, 2.05) is 6.07 Å². The number of benzene rings is 2. The molecule has 0 aliphatic carbocycles. The molecule has 0 atom stereocenters. The Kier molecular flexibility index (Phi) is 4.31. The molecule has 0 unspecified atom stereocenters. The van der Waals surface area contributed by atoms with Gasteiger partial charge in [0.05, 0.1) is 46.4 Å². The normalized spacial score (nSPS) is 9.76. The summed E-state index contributed by atoms with van der Waals surface area (Å²) in [4.78, 5) is 11.4. The Morgan fingerprint density at radius 3 is 2.57 bits per heavy atom. The first-order valence-electron chi connectivity index (χ1n) is 5.99. The van der Waals surface area contributed by atoms with Gasteiger partial charge in [0, 0.05) is 0 Å². The second kappa shape index (κ2) is 6.16. The summed E-state index contributed by atoms with van der Waals surface area (Å²) in [7, 11) is 1.31. The van der Waals surface area contributed by atoms with Crippen LogP contribution in [0.2, 0.25) is 5.02 Å². The average Bonchev–Trinajstić information content (AvgIpc) is 2.50. The lowest BCUT2D eigenvalue weighted by atomic mass is 10.1. The van der Waals surface area contributed by atoms with Gasteiger partial charge in [0.25, 0.3) is 0 Å². The zero-order chi connectivity index (χ0) is 15.4. The number of esters is 1. The molecule has 2 aromatic rings. The van der Waals surface area contributed by atoms with Crippen LogP contribution in [0.15, 0.2) is 36.4 Å². The molecule has 0 amide bonds. The minimum atomic E-state index is -0.454. The molecule has 0 saturated heterocycles. The maximum Gasteiger partial charge on any atom is 0.337 e. The summed E-state index contributed by atoms with van der Waals surface area (Å²) < 4.78 is 4.63. The molecule has 2 rings (SSSR count). The second-order valence-corrected chi connectivity index (χ2v) is 4.63. The summed E-state index contributed by atoms with van der Waals surface area (Å²) in [5, 5.41) is 12.3. The van der Waals surface area contributed by atoms with Crippen LogP contribution in [0.3, 0.4) is 0 Å². The SMILES string of the molecule is COC(=O)c1ccc(Nc2ccc(C#N)cc2Cl)c(N)c1. The fourth-order valence-electron chi connectivity index (χ4n) is 1.75. The van der Waals surface area contributed by atoms with Gasteiger partial charge in [-0.05, 0) is 36.4 Å². The van der Waals surface area contributed by atoms with Crippen LogP contribution in [0.4, 0.5) is 17.1 Å². The average molecular weight is 302 g/mol. The number of rotatable bonds is 3. The third-order valence-corrected chi connectivity index (χ3v) is 3.15. The van der Waals surface area contributed by atoms with Crippen molar-refractivity contribution in [2.24, 2.45) is 0 Å². The van der Waals surface area contributed by atoms with Crippen LogP contribution >= 0.6 is 11.6 Å². The summed E-state index contributed by atoms with van der Waals surface area (Å²) in [6, 6.07) is 11.7. The van der Waals surface area contributed by atoms with Crippen LogP contribution in [-0.2, 0) is 4.74 Å². The fraction of sp³-hybridized carbons (Fsp3) is 0.0667. The first kappa shape index (κ1) is 14.7. The van der Waals surface area contributed by atoms with E-state index in [2.05, 4.69) is 10.1 Å². The number of ether oxygens (including phenoxy) is 1. The summed E-state index contributed by atoms with van der Waals surface area (Å²) >= 11 is 6.09. The molecule has 0 aliphatic heterocycles. The van der Waals surface area contributed by atoms with Crippen LogP contribution in [-0.4, -0.2) is 13.1 Å². The van der Waals surface area contributed by atoms with Crippen molar-refractivity contribution in [2.75, 3.05) is 18.2 Å². The summed E-state index contributed by atoms with van der Waals surface area (Å²) in [6.07, 6.45) is 0. The number of anilines is 3. The van der Waals surface area contributed by atoms with E-state index in [0.29, 0.717) is 33.2 Å². The van der Waals surface area contributed by atoms with Crippen molar-refractivity contribution in [3.8, 4) is 6.07 Å². The minimum absolute atomic E-state index is 0.367. The highest BCUT2D eigenvalue weighted by Crippen LogP contribution is 2.29. The lowest BCUT2D eigenvalue weighted by Gasteiger charge is -2.12. The zero-order valence-electron chi connectivity index (χ0n) is 11.2. The van der Waals surface area contributed by atoms with Crippen LogP contribution in [0.25, 0.3) is 0 Å². The van der Waals surface area contributed by atoms with Gasteiger partial charge < -0.3 is 15.8 Å². The van der Waals surface area contributed by atoms with E-state index < -0.39 is 5.97 Å². The van der Waals surface area contributed by atoms with Crippen molar-refractivity contribution in [1.82, 2.24) is 0 Å². The van der Waals surface area contributed by atoms with Crippen LogP contribution in [0, 0.1) is 11.3 Å². The molecule has 0 aliphatic rings. The Hall–Kier alpha value is -2.71. The number of carbonyl (C=O) groups is 1. The van der Waals surface area contributed by atoms with E-state index in [1.165, 1.54) is 13.2 Å². The van der Waals surface area contributed by atoms with Gasteiger partial charge in [-0.1, -0.05) is 11.6 Å². The molecule has 5 nitrogen and oxygen atoms in total. The maximum atomic E-state index is 11.4. The van der Waals surface area contributed by atoms with Gasteiger partial charge >= 0.3 is 5.97 Å². The number of carbonyl (C=O) groups excluding carboxylic acids is 1. The van der Waals surface area contributed by atoms with Gasteiger partial charge in [0.1, 0.15) is 0 Å². The number of nitrogens with one attached hydrogen (secondary N) is 1. The molecule has 21 heavy (non-hydrogen) atoms. The molecule has 0 aromatic heterocycles. The van der Waals surface area contributed by atoms with Gasteiger partial charge in [0.15, 0.2) is 0 Å². The number of nitrogens with zero attached hydrogens (tertiary/aromatic N) is 1. The molecular formula is C15H12ClN3O2. The molecule has 0 saturated carbocycles. The largest absolute Gasteiger partial charge is 0.465 e. The first-order valence-corrected chi connectivity index (χ1v) is 6.37. The highest BCUT2D eigenvalue weighted by atomic mass is 35.5. The smallest absolute Gasteiger partial charge is 0.337 e.